The van der Waals surface area contributed by atoms with E-state index in [1.165, 1.54) is 47.7 Å². The van der Waals surface area contributed by atoms with Gasteiger partial charge in [-0.3, -0.25) is 0 Å². The lowest BCUT2D eigenvalue weighted by atomic mass is 9.78. The first-order chi connectivity index (χ1) is 9.60. The molecule has 1 aromatic heterocycles. The minimum Gasteiger partial charge on any atom is -0.313 e. The monoisotopic (exact) mass is 294 g/mol. The molecule has 0 saturated heterocycles. The molecule has 20 heavy (non-hydrogen) atoms. The van der Waals surface area contributed by atoms with Gasteiger partial charge in [0.05, 0.1) is 10.7 Å². The SMILES string of the molecule is CCCNC(Cc1nc(C)c(C)s1)C1CCC(C)CC1. The molecule has 0 aromatic carbocycles. The third kappa shape index (κ3) is 4.29. The largest absolute Gasteiger partial charge is 0.313 e. The van der Waals surface area contributed by atoms with Gasteiger partial charge in [-0.05, 0) is 51.5 Å². The number of thiazole rings is 1. The van der Waals surface area contributed by atoms with Crippen molar-refractivity contribution in [1.29, 1.82) is 0 Å². The molecule has 3 heteroatoms. The highest BCUT2D eigenvalue weighted by molar-refractivity contribution is 7.11. The summed E-state index contributed by atoms with van der Waals surface area (Å²) in [6.07, 6.45) is 7.95. The molecule has 2 nitrogen and oxygen atoms in total. The Morgan fingerprint density at radius 2 is 1.95 bits per heavy atom. The second kappa shape index (κ2) is 7.56. The van der Waals surface area contributed by atoms with E-state index in [1.54, 1.807) is 0 Å². The summed E-state index contributed by atoms with van der Waals surface area (Å²) in [7, 11) is 0. The Labute approximate surface area is 128 Å². The second-order valence-electron chi connectivity index (χ2n) is 6.53. The lowest BCUT2D eigenvalue weighted by Gasteiger charge is -2.33. The van der Waals surface area contributed by atoms with Gasteiger partial charge >= 0.3 is 0 Å². The molecular weight excluding hydrogens is 264 g/mol. The molecular formula is C17H30N2S. The number of nitrogens with one attached hydrogen (secondary N) is 1. The van der Waals surface area contributed by atoms with Crippen LogP contribution < -0.4 is 5.32 Å². The topological polar surface area (TPSA) is 24.9 Å². The minimum absolute atomic E-state index is 0.632. The Morgan fingerprint density at radius 1 is 1.25 bits per heavy atom. The third-order valence-corrected chi connectivity index (χ3v) is 5.85. The molecule has 1 atom stereocenters. The van der Waals surface area contributed by atoms with E-state index in [2.05, 4.69) is 33.0 Å². The molecule has 2 rings (SSSR count). The summed E-state index contributed by atoms with van der Waals surface area (Å²) in [5.74, 6) is 1.78. The van der Waals surface area contributed by atoms with E-state index in [0.717, 1.165) is 24.8 Å². The van der Waals surface area contributed by atoms with Crippen LogP contribution in [0, 0.1) is 25.7 Å². The van der Waals surface area contributed by atoms with Crippen molar-refractivity contribution < 1.29 is 0 Å². The molecule has 0 spiro atoms. The average molecular weight is 295 g/mol. The molecule has 1 saturated carbocycles. The van der Waals surface area contributed by atoms with E-state index < -0.39 is 0 Å². The summed E-state index contributed by atoms with van der Waals surface area (Å²) >= 11 is 1.89. The van der Waals surface area contributed by atoms with Crippen molar-refractivity contribution in [3.8, 4) is 0 Å². The number of hydrogen-bond donors (Lipinski definition) is 1. The molecule has 0 amide bonds. The van der Waals surface area contributed by atoms with E-state index in [9.17, 15) is 0 Å². The van der Waals surface area contributed by atoms with Crippen LogP contribution in [0.5, 0.6) is 0 Å². The Morgan fingerprint density at radius 3 is 2.50 bits per heavy atom. The van der Waals surface area contributed by atoms with E-state index in [1.807, 2.05) is 11.3 Å². The van der Waals surface area contributed by atoms with Crippen LogP contribution in [-0.2, 0) is 6.42 Å². The number of hydrogen-bond acceptors (Lipinski definition) is 3. The fraction of sp³-hybridized carbons (Fsp3) is 0.824. The zero-order valence-electron chi connectivity index (χ0n) is 13.5. The maximum atomic E-state index is 4.75. The molecule has 0 aliphatic heterocycles. The molecule has 0 bridgehead atoms. The van der Waals surface area contributed by atoms with E-state index >= 15 is 0 Å². The first kappa shape index (κ1) is 16.0. The van der Waals surface area contributed by atoms with Gasteiger partial charge in [0.15, 0.2) is 0 Å². The van der Waals surface area contributed by atoms with Gasteiger partial charge in [0, 0.05) is 17.3 Å². The fourth-order valence-corrected chi connectivity index (χ4v) is 4.23. The van der Waals surface area contributed by atoms with Crippen molar-refractivity contribution in [3.63, 3.8) is 0 Å². The molecule has 1 fully saturated rings. The first-order valence-corrected chi connectivity index (χ1v) is 9.08. The first-order valence-electron chi connectivity index (χ1n) is 8.26. The number of nitrogens with zero attached hydrogens (tertiary/aromatic N) is 1. The second-order valence-corrected chi connectivity index (χ2v) is 7.82. The Balaban J connectivity index is 1.99. The highest BCUT2D eigenvalue weighted by atomic mass is 32.1. The summed E-state index contributed by atoms with van der Waals surface area (Å²) in [5, 5.41) is 5.12. The molecule has 0 radical (unpaired) electrons. The molecule has 1 unspecified atom stereocenters. The zero-order chi connectivity index (χ0) is 14.5. The van der Waals surface area contributed by atoms with Crippen molar-refractivity contribution in [2.24, 2.45) is 11.8 Å². The minimum atomic E-state index is 0.632. The summed E-state index contributed by atoms with van der Waals surface area (Å²) in [6.45, 7) is 10.1. The maximum Gasteiger partial charge on any atom is 0.0946 e. The normalized spacial score (nSPS) is 24.8. The van der Waals surface area contributed by atoms with Crippen molar-refractivity contribution in [2.45, 2.75) is 72.3 Å². The summed E-state index contributed by atoms with van der Waals surface area (Å²) in [4.78, 5) is 6.13. The number of rotatable bonds is 6. The lowest BCUT2D eigenvalue weighted by Crippen LogP contribution is -2.40. The third-order valence-electron chi connectivity index (χ3n) is 4.75. The average Bonchev–Trinajstić information content (AvgIpc) is 2.74. The maximum absolute atomic E-state index is 4.75. The van der Waals surface area contributed by atoms with Gasteiger partial charge in [0.25, 0.3) is 0 Å². The Hall–Kier alpha value is -0.410. The van der Waals surface area contributed by atoms with Crippen LogP contribution in [0.25, 0.3) is 0 Å². The molecule has 114 valence electrons. The van der Waals surface area contributed by atoms with Crippen LogP contribution in [0.15, 0.2) is 0 Å². The number of aryl methyl sites for hydroxylation is 2. The summed E-state index contributed by atoms with van der Waals surface area (Å²) < 4.78 is 0. The van der Waals surface area contributed by atoms with Crippen LogP contribution >= 0.6 is 11.3 Å². The van der Waals surface area contributed by atoms with Gasteiger partial charge in [-0.15, -0.1) is 11.3 Å². The van der Waals surface area contributed by atoms with Crippen LogP contribution in [0.2, 0.25) is 0 Å². The summed E-state index contributed by atoms with van der Waals surface area (Å²) in [6, 6.07) is 0.632. The van der Waals surface area contributed by atoms with Crippen molar-refractivity contribution in [3.05, 3.63) is 15.6 Å². The van der Waals surface area contributed by atoms with Crippen LogP contribution in [0.4, 0.5) is 0 Å². The van der Waals surface area contributed by atoms with Crippen LogP contribution in [-0.4, -0.2) is 17.6 Å². The Bertz CT molecular complexity index is 386. The van der Waals surface area contributed by atoms with Crippen molar-refractivity contribution >= 4 is 11.3 Å². The van der Waals surface area contributed by atoms with Gasteiger partial charge in [0.1, 0.15) is 0 Å². The zero-order valence-corrected chi connectivity index (χ0v) is 14.4. The Kier molecular flexibility index (Phi) is 6.03. The van der Waals surface area contributed by atoms with E-state index in [4.69, 9.17) is 4.98 Å². The van der Waals surface area contributed by atoms with Gasteiger partial charge in [-0.25, -0.2) is 4.98 Å². The lowest BCUT2D eigenvalue weighted by molar-refractivity contribution is 0.228. The summed E-state index contributed by atoms with van der Waals surface area (Å²) in [5.41, 5.74) is 1.22. The highest BCUT2D eigenvalue weighted by Crippen LogP contribution is 2.32. The van der Waals surface area contributed by atoms with Gasteiger partial charge in [-0.1, -0.05) is 26.7 Å². The molecule has 1 aliphatic rings. The van der Waals surface area contributed by atoms with Gasteiger partial charge < -0.3 is 5.32 Å². The van der Waals surface area contributed by atoms with Crippen molar-refractivity contribution in [2.75, 3.05) is 6.54 Å². The fourth-order valence-electron chi connectivity index (χ4n) is 3.24. The predicted octanol–water partition coefficient (Wildman–Crippen LogP) is 4.50. The number of aromatic nitrogens is 1. The van der Waals surface area contributed by atoms with E-state index in [0.29, 0.717) is 6.04 Å². The highest BCUT2D eigenvalue weighted by Gasteiger charge is 2.26. The predicted molar refractivity (Wildman–Crippen MR) is 88.5 cm³/mol. The standard InChI is InChI=1S/C17H30N2S/c1-5-10-18-16(15-8-6-12(2)7-9-15)11-17-19-13(3)14(4)20-17/h12,15-16,18H,5-11H2,1-4H3. The van der Waals surface area contributed by atoms with Crippen LogP contribution in [0.3, 0.4) is 0 Å². The van der Waals surface area contributed by atoms with Crippen LogP contribution in [0.1, 0.15) is 61.5 Å². The molecule has 1 aromatic rings. The van der Waals surface area contributed by atoms with Gasteiger partial charge in [0.2, 0.25) is 0 Å². The van der Waals surface area contributed by atoms with Crippen molar-refractivity contribution in [1.82, 2.24) is 10.3 Å². The molecule has 1 N–H and O–H groups in total. The quantitative estimate of drug-likeness (QED) is 0.835. The van der Waals surface area contributed by atoms with E-state index in [-0.39, 0.29) is 0 Å². The van der Waals surface area contributed by atoms with Gasteiger partial charge in [-0.2, -0.15) is 0 Å². The molecule has 1 heterocycles. The smallest absolute Gasteiger partial charge is 0.0946 e. The molecule has 1 aliphatic carbocycles.